The van der Waals surface area contributed by atoms with Crippen molar-refractivity contribution in [1.82, 2.24) is 0 Å². The van der Waals surface area contributed by atoms with Gasteiger partial charge in [0.05, 0.1) is 26.2 Å². The van der Waals surface area contributed by atoms with Crippen LogP contribution in [0.5, 0.6) is 11.5 Å². The van der Waals surface area contributed by atoms with Crippen LogP contribution in [0, 0.1) is 6.92 Å². The summed E-state index contributed by atoms with van der Waals surface area (Å²) in [5.74, 6) is 0.333. The van der Waals surface area contributed by atoms with Crippen LogP contribution in [0.1, 0.15) is 25.0 Å². The minimum atomic E-state index is -3.80. The van der Waals surface area contributed by atoms with E-state index in [0.29, 0.717) is 17.2 Å². The van der Waals surface area contributed by atoms with E-state index in [1.165, 1.54) is 20.3 Å². The van der Waals surface area contributed by atoms with Crippen molar-refractivity contribution in [2.45, 2.75) is 33.2 Å². The molecule has 2 rings (SSSR count). The highest BCUT2D eigenvalue weighted by molar-refractivity contribution is 7.92. The van der Waals surface area contributed by atoms with Gasteiger partial charge in [0.25, 0.3) is 0 Å². The first-order valence-corrected chi connectivity index (χ1v) is 11.1. The number of amides is 1. The molecule has 0 saturated heterocycles. The van der Waals surface area contributed by atoms with Gasteiger partial charge in [-0.2, -0.15) is 0 Å². The van der Waals surface area contributed by atoms with E-state index in [1.807, 2.05) is 32.0 Å². The van der Waals surface area contributed by atoms with Crippen LogP contribution in [0.3, 0.4) is 0 Å². The fraction of sp³-hybridized carbons (Fsp3) is 0.381. The van der Waals surface area contributed by atoms with Crippen molar-refractivity contribution in [3.8, 4) is 11.5 Å². The number of hydrogen-bond donors (Lipinski definition) is 1. The molecule has 0 bridgehead atoms. The van der Waals surface area contributed by atoms with Crippen LogP contribution in [-0.2, 0) is 21.2 Å². The summed E-state index contributed by atoms with van der Waals surface area (Å²) in [5, 5.41) is 2.90. The van der Waals surface area contributed by atoms with Crippen LogP contribution in [0.15, 0.2) is 36.4 Å². The van der Waals surface area contributed by atoms with Gasteiger partial charge < -0.3 is 14.8 Å². The number of nitrogens with one attached hydrogen (secondary N) is 1. The van der Waals surface area contributed by atoms with Crippen molar-refractivity contribution in [2.75, 3.05) is 30.1 Å². The molecule has 2 aromatic rings. The molecule has 8 heteroatoms. The Morgan fingerprint density at radius 3 is 2.41 bits per heavy atom. The molecule has 0 heterocycles. The number of carbonyl (C=O) groups excluding carboxylic acids is 1. The highest BCUT2D eigenvalue weighted by Crippen LogP contribution is 2.35. The van der Waals surface area contributed by atoms with Gasteiger partial charge in [0.15, 0.2) is 0 Å². The molecule has 0 aliphatic heterocycles. The zero-order valence-corrected chi connectivity index (χ0v) is 18.5. The Morgan fingerprint density at radius 1 is 1.17 bits per heavy atom. The van der Waals surface area contributed by atoms with Gasteiger partial charge in [-0.3, -0.25) is 9.10 Å². The lowest BCUT2D eigenvalue weighted by atomic mass is 10.1. The lowest BCUT2D eigenvalue weighted by Gasteiger charge is -2.30. The zero-order valence-electron chi connectivity index (χ0n) is 17.6. The SMILES string of the molecule is CCc1cccc(C)c1NC(=O)[C@H](C)N(c1cc(OC)ccc1OC)S(C)(=O)=O. The van der Waals surface area contributed by atoms with Crippen molar-refractivity contribution >= 4 is 27.3 Å². The number of anilines is 2. The molecular weight excluding hydrogens is 392 g/mol. The molecule has 0 aliphatic rings. The Labute approximate surface area is 172 Å². The fourth-order valence-corrected chi connectivity index (χ4v) is 4.35. The van der Waals surface area contributed by atoms with Crippen molar-refractivity contribution in [3.63, 3.8) is 0 Å². The number of sulfonamides is 1. The Balaban J connectivity index is 2.49. The van der Waals surface area contributed by atoms with E-state index in [0.717, 1.165) is 28.1 Å². The third-order valence-electron chi connectivity index (χ3n) is 4.70. The standard InChI is InChI=1S/C21H28N2O5S/c1-7-16-10-8-9-14(2)20(16)22-21(24)15(3)23(29(6,25)26)18-13-17(27-4)11-12-19(18)28-5/h8-13,15H,7H2,1-6H3,(H,22,24)/t15-/m0/s1. The average molecular weight is 421 g/mol. The number of aryl methyl sites for hydroxylation is 2. The number of ether oxygens (including phenoxy) is 2. The van der Waals surface area contributed by atoms with E-state index in [2.05, 4.69) is 5.32 Å². The number of hydrogen-bond acceptors (Lipinski definition) is 5. The Hall–Kier alpha value is -2.74. The third-order valence-corrected chi connectivity index (χ3v) is 5.93. The first-order chi connectivity index (χ1) is 13.6. The summed E-state index contributed by atoms with van der Waals surface area (Å²) in [4.78, 5) is 13.1. The molecule has 1 N–H and O–H groups in total. The summed E-state index contributed by atoms with van der Waals surface area (Å²) in [7, 11) is -0.876. The molecule has 0 fully saturated rings. The second-order valence-corrected chi connectivity index (χ2v) is 8.58. The number of rotatable bonds is 8. The van der Waals surface area contributed by atoms with Gasteiger partial charge >= 0.3 is 0 Å². The maximum atomic E-state index is 13.1. The molecule has 0 aromatic heterocycles. The maximum Gasteiger partial charge on any atom is 0.248 e. The zero-order chi connectivity index (χ0) is 21.8. The van der Waals surface area contributed by atoms with Crippen LogP contribution in [0.25, 0.3) is 0 Å². The van der Waals surface area contributed by atoms with Crippen molar-refractivity contribution in [3.05, 3.63) is 47.5 Å². The minimum Gasteiger partial charge on any atom is -0.497 e. The monoisotopic (exact) mass is 420 g/mol. The van der Waals surface area contributed by atoms with E-state index in [4.69, 9.17) is 9.47 Å². The molecule has 1 atom stereocenters. The number of para-hydroxylation sites is 1. The summed E-state index contributed by atoms with van der Waals surface area (Å²) < 4.78 is 36.9. The summed E-state index contributed by atoms with van der Waals surface area (Å²) in [6.07, 6.45) is 1.80. The molecule has 2 aromatic carbocycles. The Kier molecular flexibility index (Phi) is 7.13. The predicted octanol–water partition coefficient (Wildman–Crippen LogP) is 3.37. The van der Waals surface area contributed by atoms with Gasteiger partial charge in [-0.15, -0.1) is 0 Å². The molecule has 0 radical (unpaired) electrons. The molecule has 0 saturated carbocycles. The van der Waals surface area contributed by atoms with Crippen molar-refractivity contribution < 1.29 is 22.7 Å². The smallest absolute Gasteiger partial charge is 0.248 e. The molecular formula is C21H28N2O5S. The Bertz CT molecular complexity index is 989. The number of benzene rings is 2. The van der Waals surface area contributed by atoms with Gasteiger partial charge in [-0.25, -0.2) is 8.42 Å². The van der Waals surface area contributed by atoms with Crippen molar-refractivity contribution in [2.24, 2.45) is 0 Å². The van der Waals surface area contributed by atoms with Crippen LogP contribution in [0.4, 0.5) is 11.4 Å². The van der Waals surface area contributed by atoms with Gasteiger partial charge in [-0.1, -0.05) is 25.1 Å². The Morgan fingerprint density at radius 2 is 1.86 bits per heavy atom. The fourth-order valence-electron chi connectivity index (χ4n) is 3.18. The van der Waals surface area contributed by atoms with E-state index in [9.17, 15) is 13.2 Å². The lowest BCUT2D eigenvalue weighted by Crippen LogP contribution is -2.45. The molecule has 0 unspecified atom stereocenters. The van der Waals surface area contributed by atoms with Gasteiger partial charge in [0.2, 0.25) is 15.9 Å². The predicted molar refractivity (Wildman–Crippen MR) is 116 cm³/mol. The van der Waals surface area contributed by atoms with Crippen molar-refractivity contribution in [1.29, 1.82) is 0 Å². The average Bonchev–Trinajstić information content (AvgIpc) is 2.68. The van der Waals surface area contributed by atoms with E-state index < -0.39 is 22.0 Å². The van der Waals surface area contributed by atoms with Gasteiger partial charge in [0, 0.05) is 11.8 Å². The molecule has 158 valence electrons. The molecule has 29 heavy (non-hydrogen) atoms. The third kappa shape index (κ3) is 5.00. The topological polar surface area (TPSA) is 84.9 Å². The molecule has 0 spiro atoms. The summed E-state index contributed by atoms with van der Waals surface area (Å²) in [6, 6.07) is 9.55. The first-order valence-electron chi connectivity index (χ1n) is 9.24. The summed E-state index contributed by atoms with van der Waals surface area (Å²) in [6.45, 7) is 5.44. The molecule has 7 nitrogen and oxygen atoms in total. The second kappa shape index (κ2) is 9.17. The first kappa shape index (κ1) is 22.5. The lowest BCUT2D eigenvalue weighted by molar-refractivity contribution is -0.116. The second-order valence-electron chi connectivity index (χ2n) is 6.72. The quantitative estimate of drug-likeness (QED) is 0.708. The van der Waals surface area contributed by atoms with E-state index >= 15 is 0 Å². The highest BCUT2D eigenvalue weighted by atomic mass is 32.2. The molecule has 0 aliphatic carbocycles. The number of carbonyl (C=O) groups is 1. The number of methoxy groups -OCH3 is 2. The minimum absolute atomic E-state index is 0.234. The normalized spacial score (nSPS) is 12.2. The summed E-state index contributed by atoms with van der Waals surface area (Å²) in [5.41, 5.74) is 2.83. The maximum absolute atomic E-state index is 13.1. The van der Waals surface area contributed by atoms with Gasteiger partial charge in [-0.05, 0) is 43.5 Å². The van der Waals surface area contributed by atoms with Crippen LogP contribution >= 0.6 is 0 Å². The summed E-state index contributed by atoms with van der Waals surface area (Å²) >= 11 is 0. The van der Waals surface area contributed by atoms with Gasteiger partial charge in [0.1, 0.15) is 17.5 Å². The molecule has 1 amide bonds. The highest BCUT2D eigenvalue weighted by Gasteiger charge is 2.32. The van der Waals surface area contributed by atoms with E-state index in [1.54, 1.807) is 19.1 Å². The van der Waals surface area contributed by atoms with E-state index in [-0.39, 0.29) is 5.69 Å². The van der Waals surface area contributed by atoms with Crippen LogP contribution in [0.2, 0.25) is 0 Å². The van der Waals surface area contributed by atoms with Crippen LogP contribution in [-0.4, -0.2) is 40.8 Å². The van der Waals surface area contributed by atoms with Crippen LogP contribution < -0.4 is 19.1 Å². The number of nitrogens with zero attached hydrogens (tertiary/aromatic N) is 1. The largest absolute Gasteiger partial charge is 0.497 e.